The Labute approximate surface area is 109 Å². The van der Waals surface area contributed by atoms with Gasteiger partial charge in [-0.25, -0.2) is 4.79 Å². The van der Waals surface area contributed by atoms with Crippen molar-refractivity contribution in [3.8, 4) is 0 Å². The summed E-state index contributed by atoms with van der Waals surface area (Å²) in [7, 11) is 0. The van der Waals surface area contributed by atoms with Crippen molar-refractivity contribution in [2.24, 2.45) is 0 Å². The van der Waals surface area contributed by atoms with E-state index in [-0.39, 0.29) is 11.6 Å². The van der Waals surface area contributed by atoms with Gasteiger partial charge in [0.1, 0.15) is 11.6 Å². The topological polar surface area (TPSA) is 88.0 Å². The molecule has 2 aromatic rings. The summed E-state index contributed by atoms with van der Waals surface area (Å²) in [5, 5.41) is 2.55. The molecule has 0 spiro atoms. The molecule has 0 saturated carbocycles. The molecule has 19 heavy (non-hydrogen) atoms. The number of hydrogen-bond acceptors (Lipinski definition) is 4. The third-order valence-corrected chi connectivity index (χ3v) is 2.64. The third-order valence-electron chi connectivity index (χ3n) is 2.64. The second-order valence-corrected chi connectivity index (χ2v) is 4.29. The molecule has 2 rings (SSSR count). The van der Waals surface area contributed by atoms with Crippen molar-refractivity contribution >= 4 is 11.7 Å². The van der Waals surface area contributed by atoms with E-state index < -0.39 is 11.6 Å². The summed E-state index contributed by atoms with van der Waals surface area (Å²) in [6.45, 7) is 5.46. The number of carbonyl (C=O) groups excluding carboxylic acids is 1. The van der Waals surface area contributed by atoms with E-state index in [1.807, 2.05) is 13.0 Å². The van der Waals surface area contributed by atoms with E-state index in [4.69, 9.17) is 4.42 Å². The molecule has 0 radical (unpaired) electrons. The molecule has 6 heteroatoms. The number of anilines is 1. The predicted octanol–water partition coefficient (Wildman–Crippen LogP) is 1.79. The number of nitrogens with zero attached hydrogens (tertiary/aromatic N) is 1. The summed E-state index contributed by atoms with van der Waals surface area (Å²) in [6, 6.07) is 3.41. The van der Waals surface area contributed by atoms with Crippen molar-refractivity contribution in [2.75, 3.05) is 5.32 Å². The molecule has 0 aliphatic carbocycles. The van der Waals surface area contributed by atoms with E-state index in [1.54, 1.807) is 19.9 Å². The van der Waals surface area contributed by atoms with Gasteiger partial charge in [0.2, 0.25) is 0 Å². The summed E-state index contributed by atoms with van der Waals surface area (Å²) < 4.78 is 5.43. The molecule has 2 aromatic heterocycles. The summed E-state index contributed by atoms with van der Waals surface area (Å²) in [4.78, 5) is 29.4. The van der Waals surface area contributed by atoms with Crippen LogP contribution in [0, 0.1) is 13.8 Å². The van der Waals surface area contributed by atoms with Gasteiger partial charge in [0.25, 0.3) is 5.91 Å². The summed E-state index contributed by atoms with van der Waals surface area (Å²) in [5.74, 6) is 0.795. The van der Waals surface area contributed by atoms with E-state index in [9.17, 15) is 9.59 Å². The smallest absolute Gasteiger partial charge is 0.347 e. The molecule has 0 fully saturated rings. The first-order valence-corrected chi connectivity index (χ1v) is 5.98. The first-order chi connectivity index (χ1) is 8.99. The maximum Gasteiger partial charge on any atom is 0.347 e. The van der Waals surface area contributed by atoms with Crippen molar-refractivity contribution in [3.63, 3.8) is 0 Å². The average Bonchev–Trinajstić information content (AvgIpc) is 2.69. The van der Waals surface area contributed by atoms with Crippen LogP contribution in [0.5, 0.6) is 0 Å². The number of rotatable bonds is 3. The van der Waals surface area contributed by atoms with Gasteiger partial charge in [0.15, 0.2) is 5.76 Å². The lowest BCUT2D eigenvalue weighted by molar-refractivity contribution is 0.0994. The monoisotopic (exact) mass is 261 g/mol. The molecule has 1 amide bonds. The molecular weight excluding hydrogens is 246 g/mol. The first kappa shape index (κ1) is 13.1. The van der Waals surface area contributed by atoms with Gasteiger partial charge < -0.3 is 14.7 Å². The van der Waals surface area contributed by atoms with Crippen LogP contribution < -0.4 is 11.0 Å². The standard InChI is InChI=1S/C13H15N3O3/c1-4-9-5-7(2)11(19-9)12(17)15-10-6-8(3)14-13(18)16-10/h5-6H,4H2,1-3H3,(H2,14,15,16,17,18). The minimum atomic E-state index is -0.499. The molecule has 0 unspecified atom stereocenters. The van der Waals surface area contributed by atoms with Crippen LogP contribution in [0.25, 0.3) is 0 Å². The molecule has 2 heterocycles. The highest BCUT2D eigenvalue weighted by molar-refractivity contribution is 6.02. The van der Waals surface area contributed by atoms with Crippen molar-refractivity contribution in [1.29, 1.82) is 0 Å². The quantitative estimate of drug-likeness (QED) is 0.881. The molecular formula is C13H15N3O3. The lowest BCUT2D eigenvalue weighted by Crippen LogP contribution is -2.19. The number of furan rings is 1. The largest absolute Gasteiger partial charge is 0.456 e. The zero-order chi connectivity index (χ0) is 14.0. The second-order valence-electron chi connectivity index (χ2n) is 4.29. The Morgan fingerprint density at radius 2 is 2.16 bits per heavy atom. The molecule has 0 aromatic carbocycles. The predicted molar refractivity (Wildman–Crippen MR) is 70.4 cm³/mol. The van der Waals surface area contributed by atoms with Gasteiger partial charge in [-0.15, -0.1) is 0 Å². The fourth-order valence-corrected chi connectivity index (χ4v) is 1.76. The van der Waals surface area contributed by atoms with Gasteiger partial charge in [-0.2, -0.15) is 4.98 Å². The number of hydrogen-bond donors (Lipinski definition) is 2. The van der Waals surface area contributed by atoms with Crippen LogP contribution in [0.3, 0.4) is 0 Å². The van der Waals surface area contributed by atoms with Crippen LogP contribution in [-0.2, 0) is 6.42 Å². The summed E-state index contributed by atoms with van der Waals surface area (Å²) >= 11 is 0. The van der Waals surface area contributed by atoms with E-state index in [2.05, 4.69) is 15.3 Å². The Hall–Kier alpha value is -2.37. The van der Waals surface area contributed by atoms with E-state index in [1.165, 1.54) is 0 Å². The minimum Gasteiger partial charge on any atom is -0.456 e. The SMILES string of the molecule is CCc1cc(C)c(C(=O)Nc2cc(C)[nH]c(=O)n2)o1. The molecule has 0 saturated heterocycles. The van der Waals surface area contributed by atoms with Gasteiger partial charge in [0, 0.05) is 23.7 Å². The Balaban J connectivity index is 2.25. The molecule has 100 valence electrons. The van der Waals surface area contributed by atoms with Crippen LogP contribution in [0.15, 0.2) is 21.3 Å². The van der Waals surface area contributed by atoms with Crippen molar-refractivity contribution < 1.29 is 9.21 Å². The van der Waals surface area contributed by atoms with Crippen molar-refractivity contribution in [2.45, 2.75) is 27.2 Å². The molecule has 0 bridgehead atoms. The maximum atomic E-state index is 12.0. The van der Waals surface area contributed by atoms with Crippen molar-refractivity contribution in [1.82, 2.24) is 9.97 Å². The Morgan fingerprint density at radius 1 is 1.42 bits per heavy atom. The first-order valence-electron chi connectivity index (χ1n) is 5.98. The average molecular weight is 261 g/mol. The lowest BCUT2D eigenvalue weighted by Gasteiger charge is -2.03. The third kappa shape index (κ3) is 2.90. The summed E-state index contributed by atoms with van der Waals surface area (Å²) in [6.07, 6.45) is 0.719. The molecule has 2 N–H and O–H groups in total. The van der Waals surface area contributed by atoms with Crippen LogP contribution in [0.2, 0.25) is 0 Å². The molecule has 0 atom stereocenters. The van der Waals surface area contributed by atoms with E-state index in [0.29, 0.717) is 5.69 Å². The fraction of sp³-hybridized carbons (Fsp3) is 0.308. The van der Waals surface area contributed by atoms with Gasteiger partial charge in [-0.1, -0.05) is 6.92 Å². The van der Waals surface area contributed by atoms with Gasteiger partial charge in [0.05, 0.1) is 0 Å². The van der Waals surface area contributed by atoms with Gasteiger partial charge >= 0.3 is 5.69 Å². The normalized spacial score (nSPS) is 10.5. The van der Waals surface area contributed by atoms with Crippen molar-refractivity contribution in [3.05, 3.63) is 45.4 Å². The van der Waals surface area contributed by atoms with Crippen LogP contribution >= 0.6 is 0 Å². The van der Waals surface area contributed by atoms with Crippen LogP contribution in [0.4, 0.5) is 5.82 Å². The number of carbonyl (C=O) groups is 1. The highest BCUT2D eigenvalue weighted by Crippen LogP contribution is 2.16. The summed E-state index contributed by atoms with van der Waals surface area (Å²) in [5.41, 5.74) is 0.886. The Bertz CT molecular complexity index is 670. The lowest BCUT2D eigenvalue weighted by atomic mass is 10.2. The maximum absolute atomic E-state index is 12.0. The fourth-order valence-electron chi connectivity index (χ4n) is 1.76. The van der Waals surface area contributed by atoms with Gasteiger partial charge in [-0.3, -0.25) is 4.79 Å². The molecule has 0 aliphatic heterocycles. The zero-order valence-corrected chi connectivity index (χ0v) is 11.0. The number of aromatic amines is 1. The Morgan fingerprint density at radius 3 is 2.74 bits per heavy atom. The number of nitrogens with one attached hydrogen (secondary N) is 2. The van der Waals surface area contributed by atoms with Crippen LogP contribution in [-0.4, -0.2) is 15.9 Å². The zero-order valence-electron chi connectivity index (χ0n) is 11.0. The van der Waals surface area contributed by atoms with Crippen LogP contribution in [0.1, 0.15) is 34.5 Å². The highest BCUT2D eigenvalue weighted by atomic mass is 16.4. The second kappa shape index (κ2) is 5.09. The minimum absolute atomic E-state index is 0.208. The number of aryl methyl sites for hydroxylation is 3. The number of amides is 1. The highest BCUT2D eigenvalue weighted by Gasteiger charge is 2.16. The molecule has 6 nitrogen and oxygen atoms in total. The number of H-pyrrole nitrogens is 1. The van der Waals surface area contributed by atoms with Gasteiger partial charge in [-0.05, 0) is 19.9 Å². The van der Waals surface area contributed by atoms with E-state index in [0.717, 1.165) is 17.7 Å². The number of aromatic nitrogens is 2. The van der Waals surface area contributed by atoms with E-state index >= 15 is 0 Å². The molecule has 0 aliphatic rings. The Kier molecular flexibility index (Phi) is 3.50.